The summed E-state index contributed by atoms with van der Waals surface area (Å²) in [6.07, 6.45) is 2.66. The maximum Gasteiger partial charge on any atom is 0.270 e. The third kappa shape index (κ3) is 3.64. The van der Waals surface area contributed by atoms with Crippen LogP contribution in [0.4, 0.5) is 0 Å². The van der Waals surface area contributed by atoms with Crippen LogP contribution in [0.2, 0.25) is 0 Å². The number of likely N-dealkylation sites (tertiary alicyclic amines) is 1. The van der Waals surface area contributed by atoms with E-state index in [4.69, 9.17) is 0 Å². The van der Waals surface area contributed by atoms with Gasteiger partial charge in [-0.2, -0.15) is 5.10 Å². The van der Waals surface area contributed by atoms with E-state index in [1.165, 1.54) is 10.6 Å². The van der Waals surface area contributed by atoms with Gasteiger partial charge in [-0.1, -0.05) is 24.3 Å². The molecule has 0 bridgehead atoms. The van der Waals surface area contributed by atoms with Gasteiger partial charge in [0.25, 0.3) is 5.91 Å². The largest absolute Gasteiger partial charge is 0.392 e. The highest BCUT2D eigenvalue weighted by Crippen LogP contribution is 2.22. The third-order valence-electron chi connectivity index (χ3n) is 4.73. The minimum Gasteiger partial charge on any atom is -0.392 e. The van der Waals surface area contributed by atoms with E-state index in [0.29, 0.717) is 24.5 Å². The third-order valence-corrected chi connectivity index (χ3v) is 4.73. The lowest BCUT2D eigenvalue weighted by atomic mass is 9.97. The van der Waals surface area contributed by atoms with Crippen LogP contribution >= 0.6 is 0 Å². The number of hydrogen-bond acceptors (Lipinski definition) is 4. The first-order valence-corrected chi connectivity index (χ1v) is 8.39. The quantitative estimate of drug-likeness (QED) is 0.901. The molecule has 0 saturated carbocycles. The molecule has 2 aliphatic rings. The van der Waals surface area contributed by atoms with Gasteiger partial charge < -0.3 is 10.0 Å². The Morgan fingerprint density at radius 3 is 2.88 bits per heavy atom. The number of aliphatic hydroxyl groups excluding tert-OH is 1. The number of carbonyl (C=O) groups is 2. The fraction of sp³-hybridized carbons (Fsp3) is 0.500. The monoisotopic (exact) mass is 329 g/mol. The Hall–Kier alpha value is -2.21. The second kappa shape index (κ2) is 7.13. The minimum atomic E-state index is -0.0467. The van der Waals surface area contributed by atoms with Gasteiger partial charge >= 0.3 is 0 Å². The topological polar surface area (TPSA) is 73.2 Å². The molecule has 24 heavy (non-hydrogen) atoms. The van der Waals surface area contributed by atoms with Crippen molar-refractivity contribution >= 4 is 17.5 Å². The predicted octanol–water partition coefficient (Wildman–Crippen LogP) is 1.18. The van der Waals surface area contributed by atoms with Crippen LogP contribution < -0.4 is 0 Å². The van der Waals surface area contributed by atoms with Gasteiger partial charge in [-0.3, -0.25) is 9.59 Å². The Kier molecular flexibility index (Phi) is 4.94. The van der Waals surface area contributed by atoms with E-state index in [0.717, 1.165) is 31.5 Å². The normalized spacial score (nSPS) is 21.2. The van der Waals surface area contributed by atoms with Crippen molar-refractivity contribution in [3.8, 4) is 0 Å². The average molecular weight is 329 g/mol. The van der Waals surface area contributed by atoms with Crippen molar-refractivity contribution in [1.82, 2.24) is 9.91 Å². The molecule has 1 aromatic carbocycles. The number of rotatable bonds is 4. The van der Waals surface area contributed by atoms with Crippen molar-refractivity contribution in [1.29, 1.82) is 0 Å². The molecule has 2 amide bonds. The summed E-state index contributed by atoms with van der Waals surface area (Å²) in [5.74, 6) is 0.335. The van der Waals surface area contributed by atoms with Crippen molar-refractivity contribution in [2.24, 2.45) is 11.0 Å². The Bertz CT molecular complexity index is 671. The van der Waals surface area contributed by atoms with Gasteiger partial charge in [-0.25, -0.2) is 5.01 Å². The van der Waals surface area contributed by atoms with Gasteiger partial charge in [-0.05, 0) is 29.9 Å². The molecule has 128 valence electrons. The molecular weight excluding hydrogens is 306 g/mol. The van der Waals surface area contributed by atoms with E-state index < -0.39 is 0 Å². The van der Waals surface area contributed by atoms with Crippen LogP contribution in [0.5, 0.6) is 0 Å². The summed E-state index contributed by atoms with van der Waals surface area (Å²) < 4.78 is 0. The van der Waals surface area contributed by atoms with Gasteiger partial charge in [-0.15, -0.1) is 0 Å². The Morgan fingerprint density at radius 2 is 2.12 bits per heavy atom. The summed E-state index contributed by atoms with van der Waals surface area (Å²) in [6.45, 7) is 1.51. The molecule has 1 aromatic rings. The van der Waals surface area contributed by atoms with E-state index in [1.54, 1.807) is 7.05 Å². The highest BCUT2D eigenvalue weighted by atomic mass is 16.3. The smallest absolute Gasteiger partial charge is 0.270 e. The fourth-order valence-electron chi connectivity index (χ4n) is 3.38. The molecule has 2 aliphatic heterocycles. The van der Waals surface area contributed by atoms with E-state index in [9.17, 15) is 14.7 Å². The van der Waals surface area contributed by atoms with Crippen LogP contribution in [0.3, 0.4) is 0 Å². The lowest BCUT2D eigenvalue weighted by Crippen LogP contribution is -2.39. The zero-order valence-corrected chi connectivity index (χ0v) is 13.9. The van der Waals surface area contributed by atoms with Gasteiger partial charge in [0.05, 0.1) is 6.61 Å². The van der Waals surface area contributed by atoms with Crippen LogP contribution in [0.25, 0.3) is 0 Å². The second-order valence-electron chi connectivity index (χ2n) is 6.55. The number of nitrogens with zero attached hydrogens (tertiary/aromatic N) is 3. The summed E-state index contributed by atoms with van der Waals surface area (Å²) in [6, 6.07) is 7.96. The predicted molar refractivity (Wildman–Crippen MR) is 90.2 cm³/mol. The number of hydrogen-bond donors (Lipinski definition) is 1. The standard InChI is InChI=1S/C18H23N3O3/c1-20-17(23)6-5-16(19-20)18(24)21-8-7-14(11-21)9-13-3-2-4-15(10-13)12-22/h2-4,10,14,22H,5-9,11-12H2,1H3/t14-/m0/s1. The molecule has 6 nitrogen and oxygen atoms in total. The van der Waals surface area contributed by atoms with Gasteiger partial charge in [0.1, 0.15) is 5.71 Å². The molecular formula is C18H23N3O3. The molecule has 2 heterocycles. The Labute approximate surface area is 141 Å². The van der Waals surface area contributed by atoms with Crippen LogP contribution in [0, 0.1) is 5.92 Å². The van der Waals surface area contributed by atoms with Crippen molar-refractivity contribution in [2.45, 2.75) is 32.3 Å². The van der Waals surface area contributed by atoms with Crippen LogP contribution in [0.1, 0.15) is 30.4 Å². The maximum atomic E-state index is 12.6. The number of benzene rings is 1. The first-order valence-electron chi connectivity index (χ1n) is 8.39. The molecule has 6 heteroatoms. The summed E-state index contributed by atoms with van der Waals surface area (Å²) in [5, 5.41) is 14.6. The van der Waals surface area contributed by atoms with Crippen molar-refractivity contribution in [2.75, 3.05) is 20.1 Å². The van der Waals surface area contributed by atoms with Crippen LogP contribution in [0.15, 0.2) is 29.4 Å². The molecule has 3 rings (SSSR count). The number of amides is 2. The minimum absolute atomic E-state index is 0.0408. The molecule has 1 saturated heterocycles. The van der Waals surface area contributed by atoms with Gasteiger partial charge in [0.15, 0.2) is 0 Å². The molecule has 0 radical (unpaired) electrons. The van der Waals surface area contributed by atoms with Crippen LogP contribution in [-0.2, 0) is 22.6 Å². The number of hydrazone groups is 1. The maximum absolute atomic E-state index is 12.6. The van der Waals surface area contributed by atoms with Crippen LogP contribution in [-0.4, -0.2) is 52.7 Å². The summed E-state index contributed by atoms with van der Waals surface area (Å²) in [5.41, 5.74) is 2.60. The molecule has 0 spiro atoms. The zero-order chi connectivity index (χ0) is 17.1. The molecule has 0 aromatic heterocycles. The molecule has 0 aliphatic carbocycles. The highest BCUT2D eigenvalue weighted by Gasteiger charge is 2.31. The Morgan fingerprint density at radius 1 is 1.33 bits per heavy atom. The number of carbonyl (C=O) groups excluding carboxylic acids is 2. The lowest BCUT2D eigenvalue weighted by molar-refractivity contribution is -0.130. The first-order chi connectivity index (χ1) is 11.6. The average Bonchev–Trinajstić information content (AvgIpc) is 3.05. The first kappa shape index (κ1) is 16.6. The fourth-order valence-corrected chi connectivity index (χ4v) is 3.38. The van der Waals surface area contributed by atoms with Crippen molar-refractivity contribution in [3.05, 3.63) is 35.4 Å². The summed E-state index contributed by atoms with van der Waals surface area (Å²) in [4.78, 5) is 25.9. The zero-order valence-electron chi connectivity index (χ0n) is 13.9. The molecule has 1 N–H and O–H groups in total. The summed E-state index contributed by atoms with van der Waals surface area (Å²) >= 11 is 0. The Balaban J connectivity index is 1.60. The van der Waals surface area contributed by atoms with E-state index >= 15 is 0 Å². The van der Waals surface area contributed by atoms with Crippen molar-refractivity contribution in [3.63, 3.8) is 0 Å². The van der Waals surface area contributed by atoms with E-state index in [-0.39, 0.29) is 18.4 Å². The molecule has 1 fully saturated rings. The summed E-state index contributed by atoms with van der Waals surface area (Å²) in [7, 11) is 1.59. The number of aliphatic hydroxyl groups is 1. The van der Waals surface area contributed by atoms with Gasteiger partial charge in [0.2, 0.25) is 5.91 Å². The van der Waals surface area contributed by atoms with E-state index in [2.05, 4.69) is 11.2 Å². The molecule has 1 atom stereocenters. The molecule has 0 unspecified atom stereocenters. The second-order valence-corrected chi connectivity index (χ2v) is 6.55. The van der Waals surface area contributed by atoms with E-state index in [1.807, 2.05) is 23.1 Å². The van der Waals surface area contributed by atoms with Gasteiger partial charge in [0, 0.05) is 33.0 Å². The van der Waals surface area contributed by atoms with Crippen molar-refractivity contribution < 1.29 is 14.7 Å². The highest BCUT2D eigenvalue weighted by molar-refractivity contribution is 6.39. The SMILES string of the molecule is CN1N=C(C(=O)N2CC[C@@H](Cc3cccc(CO)c3)C2)CCC1=O. The lowest BCUT2D eigenvalue weighted by Gasteiger charge is -2.22.